The Bertz CT molecular complexity index is 569. The summed E-state index contributed by atoms with van der Waals surface area (Å²) in [5, 5.41) is 11.7. The van der Waals surface area contributed by atoms with E-state index >= 15 is 0 Å². The fraction of sp³-hybridized carbons (Fsp3) is 0.429. The fourth-order valence-corrected chi connectivity index (χ4v) is 3.54. The van der Waals surface area contributed by atoms with Crippen molar-refractivity contribution in [3.05, 3.63) is 41.6 Å². The molecule has 2 aromatic rings. The number of nitrogens with one attached hydrogen (secondary N) is 1. The summed E-state index contributed by atoms with van der Waals surface area (Å²) in [6.45, 7) is 5.00. The Morgan fingerprint density at radius 1 is 1.42 bits per heavy atom. The number of nitrogens with zero attached hydrogens (tertiary/aromatic N) is 2. The highest BCUT2D eigenvalue weighted by molar-refractivity contribution is 7.99. The molecule has 2 unspecified atom stereocenters. The highest BCUT2D eigenvalue weighted by Gasteiger charge is 2.29. The molecular weight excluding hydrogens is 258 g/mol. The Labute approximate surface area is 117 Å². The van der Waals surface area contributed by atoms with Crippen LogP contribution in [0.5, 0.6) is 0 Å². The van der Waals surface area contributed by atoms with Crippen LogP contribution in [0, 0.1) is 0 Å². The minimum atomic E-state index is 0.107. The van der Waals surface area contributed by atoms with Crippen molar-refractivity contribution in [1.29, 1.82) is 0 Å². The van der Waals surface area contributed by atoms with Gasteiger partial charge in [0.25, 0.3) is 0 Å². The van der Waals surface area contributed by atoms with E-state index in [2.05, 4.69) is 46.7 Å². The Hall–Kier alpha value is -1.33. The van der Waals surface area contributed by atoms with Crippen molar-refractivity contribution in [3.63, 3.8) is 0 Å². The summed E-state index contributed by atoms with van der Waals surface area (Å²) in [4.78, 5) is 1.33. The van der Waals surface area contributed by atoms with Crippen LogP contribution >= 0.6 is 11.8 Å². The molecule has 2 atom stereocenters. The van der Waals surface area contributed by atoms with Crippen molar-refractivity contribution < 1.29 is 4.42 Å². The lowest BCUT2D eigenvalue weighted by Gasteiger charge is -2.07. The Morgan fingerprint density at radius 2 is 2.26 bits per heavy atom. The summed E-state index contributed by atoms with van der Waals surface area (Å²) in [5.41, 5.74) is 1.30. The topological polar surface area (TPSA) is 51.0 Å². The van der Waals surface area contributed by atoms with Crippen LogP contribution in [0.25, 0.3) is 0 Å². The lowest BCUT2D eigenvalue weighted by atomic mass is 10.0. The number of fused-ring (bicyclic) bond motifs is 1. The molecule has 0 radical (unpaired) electrons. The summed E-state index contributed by atoms with van der Waals surface area (Å²) in [7, 11) is 0. The molecule has 0 saturated carbocycles. The van der Waals surface area contributed by atoms with Crippen molar-refractivity contribution in [3.8, 4) is 0 Å². The third kappa shape index (κ3) is 2.40. The van der Waals surface area contributed by atoms with E-state index in [1.54, 1.807) is 0 Å². The average molecular weight is 275 g/mol. The van der Waals surface area contributed by atoms with E-state index < -0.39 is 0 Å². The normalized spacial score (nSPS) is 19.4. The van der Waals surface area contributed by atoms with E-state index in [1.807, 2.05) is 18.7 Å². The minimum Gasteiger partial charge on any atom is -0.423 e. The zero-order valence-electron chi connectivity index (χ0n) is 11.1. The number of hydrogen-bond donors (Lipinski definition) is 1. The first-order chi connectivity index (χ1) is 9.29. The van der Waals surface area contributed by atoms with Gasteiger partial charge in [0.1, 0.15) is 0 Å². The van der Waals surface area contributed by atoms with Gasteiger partial charge in [-0.15, -0.1) is 22.0 Å². The zero-order chi connectivity index (χ0) is 13.2. The molecule has 0 amide bonds. The van der Waals surface area contributed by atoms with Gasteiger partial charge in [0.15, 0.2) is 0 Å². The molecule has 0 saturated heterocycles. The predicted molar refractivity (Wildman–Crippen MR) is 75.4 cm³/mol. The van der Waals surface area contributed by atoms with Gasteiger partial charge < -0.3 is 9.73 Å². The van der Waals surface area contributed by atoms with Crippen molar-refractivity contribution in [2.45, 2.75) is 30.7 Å². The summed E-state index contributed by atoms with van der Waals surface area (Å²) in [6.07, 6.45) is 0. The molecule has 2 heterocycles. The molecule has 1 aromatic heterocycles. The van der Waals surface area contributed by atoms with E-state index in [1.165, 1.54) is 10.5 Å². The zero-order valence-corrected chi connectivity index (χ0v) is 11.9. The summed E-state index contributed by atoms with van der Waals surface area (Å²) in [6, 6.07) is 8.54. The largest absolute Gasteiger partial charge is 0.423 e. The van der Waals surface area contributed by atoms with Crippen LogP contribution in [0.4, 0.5) is 0 Å². The summed E-state index contributed by atoms with van der Waals surface area (Å²) in [5.74, 6) is 2.62. The summed E-state index contributed by atoms with van der Waals surface area (Å²) < 4.78 is 5.84. The first-order valence-corrected chi connectivity index (χ1v) is 7.56. The van der Waals surface area contributed by atoms with Crippen LogP contribution in [0.2, 0.25) is 0 Å². The third-order valence-electron chi connectivity index (χ3n) is 3.34. The van der Waals surface area contributed by atoms with Crippen molar-refractivity contribution >= 4 is 11.8 Å². The van der Waals surface area contributed by atoms with Crippen LogP contribution in [0.15, 0.2) is 33.6 Å². The first kappa shape index (κ1) is 12.7. The van der Waals surface area contributed by atoms with Gasteiger partial charge >= 0.3 is 0 Å². The molecule has 0 spiro atoms. The number of thioether (sulfide) groups is 1. The molecule has 4 nitrogen and oxygen atoms in total. The molecule has 0 fully saturated rings. The highest BCUT2D eigenvalue weighted by Crippen LogP contribution is 2.42. The maximum atomic E-state index is 5.84. The smallest absolute Gasteiger partial charge is 0.233 e. The quantitative estimate of drug-likeness (QED) is 0.929. The van der Waals surface area contributed by atoms with Crippen LogP contribution in [0.3, 0.4) is 0 Å². The average Bonchev–Trinajstić information content (AvgIpc) is 3.05. The SMILES string of the molecule is CCNC(C)c1nnc(C2CSc3ccccc32)o1. The second kappa shape index (κ2) is 5.35. The molecule has 3 rings (SSSR count). The molecule has 1 aromatic carbocycles. The lowest BCUT2D eigenvalue weighted by Crippen LogP contribution is -2.17. The second-order valence-electron chi connectivity index (χ2n) is 4.66. The van der Waals surface area contributed by atoms with Gasteiger partial charge in [-0.2, -0.15) is 0 Å². The predicted octanol–water partition coefficient (Wildman–Crippen LogP) is 2.98. The lowest BCUT2D eigenvalue weighted by molar-refractivity contribution is 0.391. The van der Waals surface area contributed by atoms with Crippen molar-refractivity contribution in [2.24, 2.45) is 0 Å². The molecule has 19 heavy (non-hydrogen) atoms. The van der Waals surface area contributed by atoms with Crippen molar-refractivity contribution in [1.82, 2.24) is 15.5 Å². The van der Waals surface area contributed by atoms with E-state index in [9.17, 15) is 0 Å². The van der Waals surface area contributed by atoms with Gasteiger partial charge in [0.2, 0.25) is 11.8 Å². The number of rotatable bonds is 4. The molecular formula is C14H17N3OS. The molecule has 1 N–H and O–H groups in total. The van der Waals surface area contributed by atoms with Crippen LogP contribution < -0.4 is 5.32 Å². The van der Waals surface area contributed by atoms with E-state index in [-0.39, 0.29) is 12.0 Å². The Kier molecular flexibility index (Phi) is 3.57. The minimum absolute atomic E-state index is 0.107. The Balaban J connectivity index is 1.85. The Morgan fingerprint density at radius 3 is 3.11 bits per heavy atom. The van der Waals surface area contributed by atoms with Gasteiger partial charge in [-0.1, -0.05) is 25.1 Å². The monoisotopic (exact) mass is 275 g/mol. The molecule has 5 heteroatoms. The number of aromatic nitrogens is 2. The van der Waals surface area contributed by atoms with Gasteiger partial charge in [0, 0.05) is 10.6 Å². The number of benzene rings is 1. The van der Waals surface area contributed by atoms with E-state index in [0.29, 0.717) is 5.89 Å². The van der Waals surface area contributed by atoms with E-state index in [0.717, 1.165) is 18.2 Å². The fourth-order valence-electron chi connectivity index (χ4n) is 2.32. The van der Waals surface area contributed by atoms with Crippen LogP contribution in [-0.4, -0.2) is 22.5 Å². The molecule has 1 aliphatic heterocycles. The standard InChI is InChI=1S/C14H17N3OS/c1-3-15-9(2)13-16-17-14(18-13)11-8-19-12-7-5-4-6-10(11)12/h4-7,9,11,15H,3,8H2,1-2H3. The van der Waals surface area contributed by atoms with Crippen molar-refractivity contribution in [2.75, 3.05) is 12.3 Å². The highest BCUT2D eigenvalue weighted by atomic mass is 32.2. The molecule has 100 valence electrons. The van der Waals surface area contributed by atoms with E-state index in [4.69, 9.17) is 4.42 Å². The third-order valence-corrected chi connectivity index (χ3v) is 4.52. The maximum Gasteiger partial charge on any atom is 0.233 e. The van der Waals surface area contributed by atoms with Gasteiger partial charge in [-0.3, -0.25) is 0 Å². The molecule has 0 aliphatic carbocycles. The van der Waals surface area contributed by atoms with Gasteiger partial charge in [0.05, 0.1) is 12.0 Å². The second-order valence-corrected chi connectivity index (χ2v) is 5.72. The molecule has 1 aliphatic rings. The van der Waals surface area contributed by atoms with Gasteiger partial charge in [-0.25, -0.2) is 0 Å². The molecule has 0 bridgehead atoms. The van der Waals surface area contributed by atoms with Crippen LogP contribution in [0.1, 0.15) is 43.2 Å². The summed E-state index contributed by atoms with van der Waals surface area (Å²) >= 11 is 1.86. The number of hydrogen-bond acceptors (Lipinski definition) is 5. The van der Waals surface area contributed by atoms with Gasteiger partial charge in [-0.05, 0) is 25.1 Å². The van der Waals surface area contributed by atoms with Crippen LogP contribution in [-0.2, 0) is 0 Å². The first-order valence-electron chi connectivity index (χ1n) is 6.58. The maximum absolute atomic E-state index is 5.84.